The monoisotopic (exact) mass is 358 g/mol. The van der Waals surface area contributed by atoms with Crippen molar-refractivity contribution in [3.8, 4) is 17.2 Å². The zero-order valence-electron chi connectivity index (χ0n) is 15.4. The van der Waals surface area contributed by atoms with Gasteiger partial charge in [0.1, 0.15) is 11.6 Å². The summed E-state index contributed by atoms with van der Waals surface area (Å²) in [7, 11) is 0. The van der Waals surface area contributed by atoms with Gasteiger partial charge in [0.25, 0.3) is 0 Å². The van der Waals surface area contributed by atoms with Gasteiger partial charge in [-0.2, -0.15) is 5.26 Å². The molecular formula is C23H22N2O2. The first-order valence-electron chi connectivity index (χ1n) is 9.77. The minimum Gasteiger partial charge on any atom is -0.440 e. The largest absolute Gasteiger partial charge is 0.440 e. The summed E-state index contributed by atoms with van der Waals surface area (Å²) in [6.45, 7) is 2.01. The lowest BCUT2D eigenvalue weighted by molar-refractivity contribution is 0.181. The predicted octanol–water partition coefficient (Wildman–Crippen LogP) is 5.18. The first-order chi connectivity index (χ1) is 13.2. The summed E-state index contributed by atoms with van der Waals surface area (Å²) in [5.41, 5.74) is 6.34. The molecule has 2 aromatic carbocycles. The van der Waals surface area contributed by atoms with Crippen molar-refractivity contribution in [1.29, 1.82) is 5.26 Å². The van der Waals surface area contributed by atoms with Crippen molar-refractivity contribution >= 4 is 11.1 Å². The lowest BCUT2D eigenvalue weighted by Crippen LogP contribution is -2.04. The van der Waals surface area contributed by atoms with Crippen LogP contribution in [0.4, 0.5) is 0 Å². The summed E-state index contributed by atoms with van der Waals surface area (Å²) >= 11 is 0. The number of rotatable bonds is 3. The molecule has 0 amide bonds. The zero-order chi connectivity index (χ0) is 18.5. The second-order valence-corrected chi connectivity index (χ2v) is 7.93. The van der Waals surface area contributed by atoms with Crippen LogP contribution in [0.3, 0.4) is 0 Å². The molecule has 0 unspecified atom stereocenters. The molecule has 5 rings (SSSR count). The molecule has 1 heterocycles. The Labute approximate surface area is 158 Å². The summed E-state index contributed by atoms with van der Waals surface area (Å²) in [5, 5.41) is 20.0. The number of hydrogen-bond donors (Lipinski definition) is 1. The Kier molecular flexibility index (Phi) is 3.80. The molecule has 2 fully saturated rings. The van der Waals surface area contributed by atoms with Gasteiger partial charge in [-0.15, -0.1) is 0 Å². The SMILES string of the molecule is Cc1c(-c2ccccc2)c([C@H]2CC[C@@H](O)C2)c2oc(C3CC3)nc2c1C#N. The Bertz CT molecular complexity index is 1060. The molecule has 136 valence electrons. The van der Waals surface area contributed by atoms with E-state index < -0.39 is 0 Å². The summed E-state index contributed by atoms with van der Waals surface area (Å²) in [6.07, 6.45) is 4.42. The third-order valence-electron chi connectivity index (χ3n) is 6.06. The molecule has 0 aliphatic heterocycles. The minimum absolute atomic E-state index is 0.226. The van der Waals surface area contributed by atoms with Gasteiger partial charge < -0.3 is 9.52 Å². The van der Waals surface area contributed by atoms with Crippen molar-refractivity contribution in [2.45, 2.75) is 57.0 Å². The first-order valence-corrected chi connectivity index (χ1v) is 9.77. The number of aliphatic hydroxyl groups excluding tert-OH is 1. The molecule has 2 aliphatic rings. The number of oxazole rings is 1. The van der Waals surface area contributed by atoms with Gasteiger partial charge in [-0.25, -0.2) is 4.98 Å². The molecule has 0 bridgehead atoms. The molecule has 2 saturated carbocycles. The maximum absolute atomic E-state index is 10.2. The van der Waals surface area contributed by atoms with E-state index in [0.29, 0.717) is 17.0 Å². The van der Waals surface area contributed by atoms with Gasteiger partial charge in [0.2, 0.25) is 0 Å². The quantitative estimate of drug-likeness (QED) is 0.700. The highest BCUT2D eigenvalue weighted by atomic mass is 16.3. The van der Waals surface area contributed by atoms with Crippen LogP contribution in [0.5, 0.6) is 0 Å². The molecule has 4 nitrogen and oxygen atoms in total. The molecule has 0 spiro atoms. The van der Waals surface area contributed by atoms with E-state index in [1.54, 1.807) is 0 Å². The zero-order valence-corrected chi connectivity index (χ0v) is 15.4. The smallest absolute Gasteiger partial charge is 0.198 e. The van der Waals surface area contributed by atoms with E-state index in [2.05, 4.69) is 18.2 Å². The number of nitriles is 1. The third-order valence-corrected chi connectivity index (χ3v) is 6.06. The van der Waals surface area contributed by atoms with Crippen LogP contribution in [0.15, 0.2) is 34.7 Å². The van der Waals surface area contributed by atoms with Crippen LogP contribution in [0.25, 0.3) is 22.2 Å². The average Bonchev–Trinajstić information content (AvgIpc) is 3.30. The van der Waals surface area contributed by atoms with E-state index in [4.69, 9.17) is 9.40 Å². The molecule has 0 saturated heterocycles. The van der Waals surface area contributed by atoms with Gasteiger partial charge in [0.05, 0.1) is 11.7 Å². The molecule has 0 radical (unpaired) electrons. The normalized spacial score (nSPS) is 22.3. The molecule has 1 aromatic heterocycles. The lowest BCUT2D eigenvalue weighted by atomic mass is 9.84. The number of aliphatic hydroxyl groups is 1. The van der Waals surface area contributed by atoms with Crippen LogP contribution in [-0.4, -0.2) is 16.2 Å². The van der Waals surface area contributed by atoms with E-state index in [-0.39, 0.29) is 12.0 Å². The highest BCUT2D eigenvalue weighted by molar-refractivity contribution is 5.93. The van der Waals surface area contributed by atoms with Crippen LogP contribution >= 0.6 is 0 Å². The van der Waals surface area contributed by atoms with Crippen molar-refractivity contribution in [1.82, 2.24) is 4.98 Å². The van der Waals surface area contributed by atoms with Gasteiger partial charge in [0.15, 0.2) is 11.5 Å². The Hall–Kier alpha value is -2.64. The van der Waals surface area contributed by atoms with E-state index in [9.17, 15) is 10.4 Å². The molecule has 2 aliphatic carbocycles. The summed E-state index contributed by atoms with van der Waals surface area (Å²) in [5.74, 6) is 1.39. The van der Waals surface area contributed by atoms with Crippen LogP contribution < -0.4 is 0 Å². The summed E-state index contributed by atoms with van der Waals surface area (Å²) in [6, 6.07) is 12.6. The topological polar surface area (TPSA) is 70.1 Å². The number of nitrogens with zero attached hydrogens (tertiary/aromatic N) is 2. The van der Waals surface area contributed by atoms with Crippen molar-refractivity contribution < 1.29 is 9.52 Å². The summed E-state index contributed by atoms with van der Waals surface area (Å²) < 4.78 is 6.29. The number of aromatic nitrogens is 1. The van der Waals surface area contributed by atoms with E-state index in [1.807, 2.05) is 25.1 Å². The van der Waals surface area contributed by atoms with Crippen LogP contribution in [-0.2, 0) is 0 Å². The van der Waals surface area contributed by atoms with E-state index in [0.717, 1.165) is 65.8 Å². The Balaban J connectivity index is 1.85. The van der Waals surface area contributed by atoms with Gasteiger partial charge in [0, 0.05) is 11.5 Å². The maximum atomic E-state index is 10.2. The van der Waals surface area contributed by atoms with Gasteiger partial charge >= 0.3 is 0 Å². The van der Waals surface area contributed by atoms with Crippen molar-refractivity contribution in [3.63, 3.8) is 0 Å². The highest BCUT2D eigenvalue weighted by Gasteiger charge is 2.35. The Morgan fingerprint density at radius 2 is 1.85 bits per heavy atom. The molecule has 3 aromatic rings. The second kappa shape index (κ2) is 6.21. The molecule has 1 N–H and O–H groups in total. The number of fused-ring (bicyclic) bond motifs is 1. The standard InChI is InChI=1S/C23H22N2O2/c1-13-18(12-24)21-22(27-23(25-21)15-7-8-15)20(16-9-10-17(26)11-16)19(13)14-5-3-2-4-6-14/h2-6,15-17,26H,7-11H2,1H3/t16-,17+/m0/s1. The highest BCUT2D eigenvalue weighted by Crippen LogP contribution is 2.48. The predicted molar refractivity (Wildman–Crippen MR) is 103 cm³/mol. The van der Waals surface area contributed by atoms with Gasteiger partial charge in [-0.05, 0) is 61.6 Å². The fraction of sp³-hybridized carbons (Fsp3) is 0.391. The van der Waals surface area contributed by atoms with Crippen molar-refractivity contribution in [3.05, 3.63) is 52.9 Å². The average molecular weight is 358 g/mol. The summed E-state index contributed by atoms with van der Waals surface area (Å²) in [4.78, 5) is 4.74. The van der Waals surface area contributed by atoms with Crippen LogP contribution in [0.1, 0.15) is 66.5 Å². The van der Waals surface area contributed by atoms with Crippen molar-refractivity contribution in [2.24, 2.45) is 0 Å². The van der Waals surface area contributed by atoms with E-state index in [1.165, 1.54) is 0 Å². The molecule has 2 atom stereocenters. The Morgan fingerprint density at radius 1 is 1.11 bits per heavy atom. The third kappa shape index (κ3) is 2.65. The first kappa shape index (κ1) is 16.5. The molecular weight excluding hydrogens is 336 g/mol. The maximum Gasteiger partial charge on any atom is 0.198 e. The number of hydrogen-bond acceptors (Lipinski definition) is 4. The minimum atomic E-state index is -0.268. The Morgan fingerprint density at radius 3 is 2.48 bits per heavy atom. The number of benzene rings is 2. The van der Waals surface area contributed by atoms with Crippen LogP contribution in [0, 0.1) is 18.3 Å². The molecule has 4 heteroatoms. The van der Waals surface area contributed by atoms with Crippen molar-refractivity contribution in [2.75, 3.05) is 0 Å². The fourth-order valence-corrected chi connectivity index (χ4v) is 4.53. The van der Waals surface area contributed by atoms with Gasteiger partial charge in [-0.3, -0.25) is 0 Å². The fourth-order valence-electron chi connectivity index (χ4n) is 4.53. The van der Waals surface area contributed by atoms with Crippen LogP contribution in [0.2, 0.25) is 0 Å². The lowest BCUT2D eigenvalue weighted by Gasteiger charge is -2.19. The molecule has 27 heavy (non-hydrogen) atoms. The second-order valence-electron chi connectivity index (χ2n) is 7.93. The van der Waals surface area contributed by atoms with Gasteiger partial charge in [-0.1, -0.05) is 30.3 Å². The van der Waals surface area contributed by atoms with E-state index >= 15 is 0 Å².